The van der Waals surface area contributed by atoms with Gasteiger partial charge in [-0.05, 0) is 37.0 Å². The van der Waals surface area contributed by atoms with E-state index >= 15 is 0 Å². The van der Waals surface area contributed by atoms with Crippen LogP contribution in [0.3, 0.4) is 0 Å². The summed E-state index contributed by atoms with van der Waals surface area (Å²) in [5, 5.41) is 0. The molecule has 1 heterocycles. The Morgan fingerprint density at radius 2 is 2.25 bits per heavy atom. The smallest absolute Gasteiger partial charge is 0.145 e. The first-order valence-electron chi connectivity index (χ1n) is 4.29. The molecule has 1 aromatic carbocycles. The Kier molecular flexibility index (Phi) is 1.68. The predicted molar refractivity (Wildman–Crippen MR) is 49.4 cm³/mol. The average molecular weight is 163 g/mol. The van der Waals surface area contributed by atoms with Gasteiger partial charge in [-0.15, -0.1) is 0 Å². The van der Waals surface area contributed by atoms with Gasteiger partial charge >= 0.3 is 0 Å². The summed E-state index contributed by atoms with van der Waals surface area (Å²) < 4.78 is 5.48. The normalized spacial score (nSPS) is 15.1. The number of anilines is 1. The topological polar surface area (TPSA) is 35.2 Å². The fourth-order valence-electron chi connectivity index (χ4n) is 1.68. The Hall–Kier alpha value is -1.18. The molecule has 0 spiro atoms. The summed E-state index contributed by atoms with van der Waals surface area (Å²) >= 11 is 0. The van der Waals surface area contributed by atoms with Crippen LogP contribution in [0.1, 0.15) is 17.5 Å². The summed E-state index contributed by atoms with van der Waals surface area (Å²) in [6.07, 6.45) is 2.21. The molecule has 0 amide bonds. The second-order valence-corrected chi connectivity index (χ2v) is 3.29. The third-order valence-electron chi connectivity index (χ3n) is 2.18. The first kappa shape index (κ1) is 7.47. The largest absolute Gasteiger partial charge is 0.491 e. The van der Waals surface area contributed by atoms with Gasteiger partial charge in [0.15, 0.2) is 0 Å². The predicted octanol–water partition coefficient (Wildman–Crippen LogP) is 1.90. The molecule has 0 unspecified atom stereocenters. The van der Waals surface area contributed by atoms with E-state index in [2.05, 4.69) is 13.0 Å². The number of nitrogen functional groups attached to an aromatic ring is 1. The lowest BCUT2D eigenvalue weighted by Crippen LogP contribution is -2.10. The maximum atomic E-state index is 5.82. The Morgan fingerprint density at radius 1 is 1.42 bits per heavy atom. The van der Waals surface area contributed by atoms with Crippen LogP contribution in [0.25, 0.3) is 0 Å². The zero-order valence-corrected chi connectivity index (χ0v) is 7.26. The van der Waals surface area contributed by atoms with E-state index in [1.165, 1.54) is 11.1 Å². The third-order valence-corrected chi connectivity index (χ3v) is 2.18. The summed E-state index contributed by atoms with van der Waals surface area (Å²) in [7, 11) is 0. The second kappa shape index (κ2) is 2.70. The number of fused-ring (bicyclic) bond motifs is 1. The van der Waals surface area contributed by atoms with Crippen molar-refractivity contribution in [1.82, 2.24) is 0 Å². The SMILES string of the molecule is Cc1cc(N)c2c(c1)CCCO2. The maximum absolute atomic E-state index is 5.82. The fourth-order valence-corrected chi connectivity index (χ4v) is 1.68. The highest BCUT2D eigenvalue weighted by atomic mass is 16.5. The van der Waals surface area contributed by atoms with E-state index in [1.54, 1.807) is 0 Å². The van der Waals surface area contributed by atoms with Crippen LogP contribution >= 0.6 is 0 Å². The van der Waals surface area contributed by atoms with Crippen LogP contribution < -0.4 is 10.5 Å². The Labute approximate surface area is 72.3 Å². The minimum atomic E-state index is 0.782. The van der Waals surface area contributed by atoms with E-state index in [-0.39, 0.29) is 0 Å². The highest BCUT2D eigenvalue weighted by molar-refractivity contribution is 5.59. The van der Waals surface area contributed by atoms with E-state index in [4.69, 9.17) is 10.5 Å². The first-order chi connectivity index (χ1) is 5.77. The van der Waals surface area contributed by atoms with Crippen LogP contribution in [0.15, 0.2) is 12.1 Å². The molecule has 0 radical (unpaired) electrons. The molecular formula is C10H13NO. The number of benzene rings is 1. The molecule has 12 heavy (non-hydrogen) atoms. The van der Waals surface area contributed by atoms with Gasteiger partial charge in [0.2, 0.25) is 0 Å². The Bertz CT molecular complexity index is 307. The van der Waals surface area contributed by atoms with Gasteiger partial charge in [0.25, 0.3) is 0 Å². The lowest BCUT2D eigenvalue weighted by molar-refractivity contribution is 0.290. The fraction of sp³-hybridized carbons (Fsp3) is 0.400. The van der Waals surface area contributed by atoms with Gasteiger partial charge in [-0.2, -0.15) is 0 Å². The molecule has 0 saturated heterocycles. The number of ether oxygens (including phenoxy) is 1. The molecule has 0 fully saturated rings. The van der Waals surface area contributed by atoms with Crippen LogP contribution in [0.5, 0.6) is 5.75 Å². The molecule has 0 saturated carbocycles. The minimum absolute atomic E-state index is 0.782. The molecule has 1 aliphatic heterocycles. The Morgan fingerprint density at radius 3 is 3.08 bits per heavy atom. The summed E-state index contributed by atoms with van der Waals surface area (Å²) in [4.78, 5) is 0. The number of rotatable bonds is 0. The molecule has 64 valence electrons. The Balaban J connectivity index is 2.53. The van der Waals surface area contributed by atoms with Crippen LogP contribution in [0, 0.1) is 6.92 Å². The van der Waals surface area contributed by atoms with E-state index in [1.807, 2.05) is 6.07 Å². The van der Waals surface area contributed by atoms with E-state index in [0.717, 1.165) is 30.9 Å². The average Bonchev–Trinajstić information content (AvgIpc) is 2.04. The highest BCUT2D eigenvalue weighted by Gasteiger charge is 2.12. The lowest BCUT2D eigenvalue weighted by atomic mass is 10.0. The van der Waals surface area contributed by atoms with Crippen molar-refractivity contribution in [2.45, 2.75) is 19.8 Å². The number of hydrogen-bond acceptors (Lipinski definition) is 2. The van der Waals surface area contributed by atoms with E-state index in [9.17, 15) is 0 Å². The highest BCUT2D eigenvalue weighted by Crippen LogP contribution is 2.31. The maximum Gasteiger partial charge on any atom is 0.145 e. The molecule has 0 bridgehead atoms. The molecule has 2 rings (SSSR count). The van der Waals surface area contributed by atoms with Gasteiger partial charge in [0.1, 0.15) is 5.75 Å². The molecule has 0 aromatic heterocycles. The number of aryl methyl sites for hydroxylation is 2. The third kappa shape index (κ3) is 1.13. The standard InChI is InChI=1S/C10H13NO/c1-7-5-8-3-2-4-12-10(8)9(11)6-7/h5-6H,2-4,11H2,1H3. The van der Waals surface area contributed by atoms with Crippen molar-refractivity contribution in [1.29, 1.82) is 0 Å². The van der Waals surface area contributed by atoms with Gasteiger partial charge in [0.05, 0.1) is 12.3 Å². The molecular weight excluding hydrogens is 150 g/mol. The van der Waals surface area contributed by atoms with Crippen molar-refractivity contribution in [2.24, 2.45) is 0 Å². The molecule has 0 aliphatic carbocycles. The van der Waals surface area contributed by atoms with E-state index in [0.29, 0.717) is 0 Å². The second-order valence-electron chi connectivity index (χ2n) is 3.29. The summed E-state index contributed by atoms with van der Waals surface area (Å²) in [5.41, 5.74) is 9.08. The zero-order chi connectivity index (χ0) is 8.55. The van der Waals surface area contributed by atoms with Crippen LogP contribution in [0.2, 0.25) is 0 Å². The van der Waals surface area contributed by atoms with Crippen LogP contribution in [0.4, 0.5) is 5.69 Å². The number of hydrogen-bond donors (Lipinski definition) is 1. The van der Waals surface area contributed by atoms with Gasteiger partial charge in [-0.25, -0.2) is 0 Å². The molecule has 2 N–H and O–H groups in total. The van der Waals surface area contributed by atoms with Crippen molar-refractivity contribution < 1.29 is 4.74 Å². The zero-order valence-electron chi connectivity index (χ0n) is 7.26. The first-order valence-corrected chi connectivity index (χ1v) is 4.29. The molecule has 1 aromatic rings. The molecule has 2 nitrogen and oxygen atoms in total. The summed E-state index contributed by atoms with van der Waals surface area (Å²) in [6, 6.07) is 4.12. The quantitative estimate of drug-likeness (QED) is 0.593. The molecule has 1 aliphatic rings. The number of nitrogens with two attached hydrogens (primary N) is 1. The van der Waals surface area contributed by atoms with Crippen molar-refractivity contribution in [3.8, 4) is 5.75 Å². The van der Waals surface area contributed by atoms with Crippen LogP contribution in [-0.2, 0) is 6.42 Å². The monoisotopic (exact) mass is 163 g/mol. The van der Waals surface area contributed by atoms with Crippen LogP contribution in [-0.4, -0.2) is 6.61 Å². The van der Waals surface area contributed by atoms with Crippen molar-refractivity contribution >= 4 is 5.69 Å². The van der Waals surface area contributed by atoms with E-state index < -0.39 is 0 Å². The van der Waals surface area contributed by atoms with Gasteiger partial charge in [0, 0.05) is 0 Å². The van der Waals surface area contributed by atoms with Gasteiger partial charge in [-0.1, -0.05) is 6.07 Å². The minimum Gasteiger partial charge on any atom is -0.491 e. The van der Waals surface area contributed by atoms with Crippen molar-refractivity contribution in [3.63, 3.8) is 0 Å². The molecule has 2 heteroatoms. The van der Waals surface area contributed by atoms with Gasteiger partial charge < -0.3 is 10.5 Å². The molecule has 0 atom stereocenters. The van der Waals surface area contributed by atoms with Crippen molar-refractivity contribution in [3.05, 3.63) is 23.3 Å². The van der Waals surface area contributed by atoms with Gasteiger partial charge in [-0.3, -0.25) is 0 Å². The summed E-state index contributed by atoms with van der Waals surface area (Å²) in [6.45, 7) is 2.87. The lowest BCUT2D eigenvalue weighted by Gasteiger charge is -2.19. The summed E-state index contributed by atoms with van der Waals surface area (Å²) in [5.74, 6) is 0.909. The van der Waals surface area contributed by atoms with Crippen molar-refractivity contribution in [2.75, 3.05) is 12.3 Å².